The van der Waals surface area contributed by atoms with Crippen LogP contribution in [-0.2, 0) is 14.3 Å². The number of carbonyl (C=O) groups is 2. The number of likely N-dealkylation sites (N-methyl/N-ethyl adjacent to an activating group) is 1. The zero-order valence-corrected chi connectivity index (χ0v) is 23.0. The van der Waals surface area contributed by atoms with Crippen LogP contribution in [0.3, 0.4) is 0 Å². The van der Waals surface area contributed by atoms with E-state index < -0.39 is 18.2 Å². The Hall–Kier alpha value is -4.81. The maximum absolute atomic E-state index is 12.7. The van der Waals surface area contributed by atoms with Crippen LogP contribution in [-0.4, -0.2) is 39.5 Å². The SMILES string of the molecule is C=CC(=O)N(C)c1cncc(-c2cnc3c(c2)c(-c2cccc(C#N)c2)cn3C(C)OC(=O)C(N)CC(C)C)c1. The molecule has 0 aliphatic heterocycles. The average molecular weight is 537 g/mol. The van der Waals surface area contributed by atoms with Crippen molar-refractivity contribution < 1.29 is 14.3 Å². The normalized spacial score (nSPS) is 12.5. The third kappa shape index (κ3) is 5.92. The van der Waals surface area contributed by atoms with Gasteiger partial charge in [0.05, 0.1) is 23.5 Å². The minimum atomic E-state index is -0.721. The number of nitrogens with two attached hydrogens (primary N) is 1. The second-order valence-electron chi connectivity index (χ2n) is 10.0. The van der Waals surface area contributed by atoms with Crippen LogP contribution in [0.5, 0.6) is 0 Å². The first-order valence-electron chi connectivity index (χ1n) is 13.0. The average Bonchev–Trinajstić information content (AvgIpc) is 3.35. The third-order valence-electron chi connectivity index (χ3n) is 6.63. The van der Waals surface area contributed by atoms with Crippen molar-refractivity contribution in [3.8, 4) is 28.3 Å². The number of pyridine rings is 2. The Bertz CT molecular complexity index is 1620. The molecule has 9 heteroatoms. The Labute approximate surface area is 233 Å². The second kappa shape index (κ2) is 11.9. The van der Waals surface area contributed by atoms with Gasteiger partial charge in [-0.1, -0.05) is 32.6 Å². The van der Waals surface area contributed by atoms with Crippen LogP contribution in [0.25, 0.3) is 33.3 Å². The summed E-state index contributed by atoms with van der Waals surface area (Å²) in [6.07, 6.45) is 7.97. The number of esters is 1. The molecule has 0 saturated heterocycles. The van der Waals surface area contributed by atoms with Gasteiger partial charge in [0.15, 0.2) is 6.23 Å². The Balaban J connectivity index is 1.81. The number of anilines is 1. The summed E-state index contributed by atoms with van der Waals surface area (Å²) in [4.78, 5) is 35.3. The van der Waals surface area contributed by atoms with E-state index >= 15 is 0 Å². The number of ether oxygens (including phenoxy) is 1. The van der Waals surface area contributed by atoms with E-state index in [4.69, 9.17) is 15.5 Å². The lowest BCUT2D eigenvalue weighted by Crippen LogP contribution is -2.34. The number of amides is 1. The molecule has 0 aliphatic rings. The van der Waals surface area contributed by atoms with Crippen LogP contribution in [0.2, 0.25) is 0 Å². The molecule has 4 aromatic rings. The fourth-order valence-corrected chi connectivity index (χ4v) is 4.50. The van der Waals surface area contributed by atoms with Gasteiger partial charge < -0.3 is 15.4 Å². The zero-order chi connectivity index (χ0) is 29.0. The van der Waals surface area contributed by atoms with Crippen molar-refractivity contribution in [1.29, 1.82) is 5.26 Å². The van der Waals surface area contributed by atoms with Crippen LogP contribution in [0.4, 0.5) is 5.69 Å². The van der Waals surface area contributed by atoms with Gasteiger partial charge in [-0.3, -0.25) is 19.1 Å². The minimum absolute atomic E-state index is 0.249. The van der Waals surface area contributed by atoms with E-state index in [9.17, 15) is 14.9 Å². The molecule has 1 amide bonds. The van der Waals surface area contributed by atoms with E-state index in [0.717, 1.165) is 27.6 Å². The maximum Gasteiger partial charge on any atom is 0.324 e. The highest BCUT2D eigenvalue weighted by Crippen LogP contribution is 2.35. The highest BCUT2D eigenvalue weighted by molar-refractivity contribution is 6.01. The molecule has 2 N–H and O–H groups in total. The number of benzene rings is 1. The lowest BCUT2D eigenvalue weighted by atomic mass is 10.0. The number of fused-ring (bicyclic) bond motifs is 1. The number of nitrogens with zero attached hydrogens (tertiary/aromatic N) is 5. The lowest BCUT2D eigenvalue weighted by molar-refractivity contribution is -0.154. The fourth-order valence-electron chi connectivity index (χ4n) is 4.50. The molecule has 0 fully saturated rings. The third-order valence-corrected chi connectivity index (χ3v) is 6.63. The van der Waals surface area contributed by atoms with Crippen LogP contribution >= 0.6 is 0 Å². The predicted octanol–water partition coefficient (Wildman–Crippen LogP) is 5.22. The summed E-state index contributed by atoms with van der Waals surface area (Å²) < 4.78 is 7.53. The molecule has 3 heterocycles. The van der Waals surface area contributed by atoms with Crippen LogP contribution < -0.4 is 10.6 Å². The van der Waals surface area contributed by atoms with Crippen LogP contribution in [0.1, 0.15) is 39.0 Å². The van der Waals surface area contributed by atoms with E-state index in [1.54, 1.807) is 49.3 Å². The number of hydrogen-bond donors (Lipinski definition) is 1. The summed E-state index contributed by atoms with van der Waals surface area (Å²) in [5.41, 5.74) is 11.0. The van der Waals surface area contributed by atoms with Gasteiger partial charge in [0, 0.05) is 47.7 Å². The van der Waals surface area contributed by atoms with Gasteiger partial charge in [0.2, 0.25) is 5.91 Å². The summed E-state index contributed by atoms with van der Waals surface area (Å²) in [5.74, 6) is -0.471. The first-order chi connectivity index (χ1) is 19.1. The molecule has 3 aromatic heterocycles. The number of aromatic nitrogens is 3. The quantitative estimate of drug-likeness (QED) is 0.229. The Kier molecular flexibility index (Phi) is 8.41. The molecule has 0 spiro atoms. The van der Waals surface area contributed by atoms with Gasteiger partial charge >= 0.3 is 5.97 Å². The topological polar surface area (TPSA) is 127 Å². The highest BCUT2D eigenvalue weighted by Gasteiger charge is 2.23. The predicted molar refractivity (Wildman–Crippen MR) is 155 cm³/mol. The van der Waals surface area contributed by atoms with Gasteiger partial charge in [-0.05, 0) is 55.2 Å². The number of hydrogen-bond acceptors (Lipinski definition) is 7. The van der Waals surface area contributed by atoms with Crippen LogP contribution in [0, 0.1) is 17.2 Å². The number of rotatable bonds is 9. The number of nitriles is 1. The van der Waals surface area contributed by atoms with Crippen molar-refractivity contribution >= 4 is 28.6 Å². The van der Waals surface area contributed by atoms with Crippen molar-refractivity contribution in [2.24, 2.45) is 11.7 Å². The Morgan fingerprint density at radius 1 is 1.15 bits per heavy atom. The molecule has 1 aromatic carbocycles. The van der Waals surface area contributed by atoms with Gasteiger partial charge in [-0.15, -0.1) is 0 Å². The molecular formula is C31H32N6O3. The standard InChI is InChI=1S/C31H32N6O3/c1-6-29(38)36(5)25-12-23(15-34-17-25)24-13-26-27(22-9-7-8-21(11-22)14-32)18-37(30(26)35-16-24)20(4)40-31(39)28(33)10-19(2)3/h6-9,11-13,15-20,28H,1,10,33H2,2-5H3. The van der Waals surface area contributed by atoms with Crippen molar-refractivity contribution in [3.05, 3.63) is 79.4 Å². The summed E-state index contributed by atoms with van der Waals surface area (Å²) >= 11 is 0. The van der Waals surface area contributed by atoms with E-state index in [1.807, 2.05) is 44.3 Å². The molecule has 204 valence electrons. The van der Waals surface area contributed by atoms with E-state index in [0.29, 0.717) is 23.3 Å². The highest BCUT2D eigenvalue weighted by atomic mass is 16.6. The first-order valence-corrected chi connectivity index (χ1v) is 13.0. The Morgan fingerprint density at radius 2 is 1.90 bits per heavy atom. The van der Waals surface area contributed by atoms with Gasteiger partial charge in [0.1, 0.15) is 11.7 Å². The van der Waals surface area contributed by atoms with Crippen molar-refractivity contribution in [3.63, 3.8) is 0 Å². The minimum Gasteiger partial charge on any atom is -0.440 e. The lowest BCUT2D eigenvalue weighted by Gasteiger charge is -2.19. The molecule has 0 bridgehead atoms. The van der Waals surface area contributed by atoms with Gasteiger partial charge in [0.25, 0.3) is 0 Å². The number of carbonyl (C=O) groups excluding carboxylic acids is 2. The van der Waals surface area contributed by atoms with E-state index in [-0.39, 0.29) is 11.8 Å². The second-order valence-corrected chi connectivity index (χ2v) is 10.0. The maximum atomic E-state index is 12.7. The van der Waals surface area contributed by atoms with Crippen LogP contribution in [0.15, 0.2) is 73.8 Å². The smallest absolute Gasteiger partial charge is 0.324 e. The molecule has 4 rings (SSSR count). The molecule has 40 heavy (non-hydrogen) atoms. The van der Waals surface area contributed by atoms with Crippen molar-refractivity contribution in [1.82, 2.24) is 14.5 Å². The summed E-state index contributed by atoms with van der Waals surface area (Å²) in [5, 5.41) is 10.3. The first kappa shape index (κ1) is 28.2. The van der Waals surface area contributed by atoms with Gasteiger partial charge in [-0.25, -0.2) is 4.98 Å². The molecule has 2 unspecified atom stereocenters. The fraction of sp³-hybridized carbons (Fsp3) is 0.258. The molecule has 2 atom stereocenters. The molecule has 0 aliphatic carbocycles. The molecule has 0 radical (unpaired) electrons. The largest absolute Gasteiger partial charge is 0.440 e. The van der Waals surface area contributed by atoms with Crippen molar-refractivity contribution in [2.75, 3.05) is 11.9 Å². The summed E-state index contributed by atoms with van der Waals surface area (Å²) in [6, 6.07) is 12.6. The summed E-state index contributed by atoms with van der Waals surface area (Å²) in [7, 11) is 1.66. The van der Waals surface area contributed by atoms with E-state index in [1.165, 1.54) is 11.0 Å². The molecule has 0 saturated carbocycles. The molecular weight excluding hydrogens is 504 g/mol. The Morgan fingerprint density at radius 3 is 2.60 bits per heavy atom. The summed E-state index contributed by atoms with van der Waals surface area (Å²) in [6.45, 7) is 9.31. The van der Waals surface area contributed by atoms with Gasteiger partial charge in [-0.2, -0.15) is 5.26 Å². The van der Waals surface area contributed by atoms with E-state index in [2.05, 4.69) is 17.6 Å². The monoisotopic (exact) mass is 536 g/mol. The molecule has 9 nitrogen and oxygen atoms in total. The zero-order valence-electron chi connectivity index (χ0n) is 23.0. The van der Waals surface area contributed by atoms with Crippen molar-refractivity contribution in [2.45, 2.75) is 39.5 Å².